The van der Waals surface area contributed by atoms with E-state index in [0.29, 0.717) is 28.5 Å². The predicted molar refractivity (Wildman–Crippen MR) is 77.4 cm³/mol. The average Bonchev–Trinajstić information content (AvgIpc) is 3.03. The zero-order valence-electron chi connectivity index (χ0n) is 11.5. The lowest BCUT2D eigenvalue weighted by atomic mass is 10.2. The maximum atomic E-state index is 12.9. The number of nitriles is 1. The van der Waals surface area contributed by atoms with Crippen LogP contribution in [0.4, 0.5) is 4.39 Å². The van der Waals surface area contributed by atoms with Crippen LogP contribution in [-0.4, -0.2) is 4.98 Å². The highest BCUT2D eigenvalue weighted by Gasteiger charge is 2.08. The molecule has 0 N–H and O–H groups in total. The molecule has 0 bridgehead atoms. The van der Waals surface area contributed by atoms with Gasteiger partial charge in [-0.2, -0.15) is 5.26 Å². The minimum Gasteiger partial charge on any atom is -0.486 e. The van der Waals surface area contributed by atoms with Gasteiger partial charge in [0.25, 0.3) is 0 Å². The van der Waals surface area contributed by atoms with E-state index in [0.717, 1.165) is 0 Å². The Kier molecular flexibility index (Phi) is 3.84. The minimum atomic E-state index is -0.313. The minimum absolute atomic E-state index is 0.184. The van der Waals surface area contributed by atoms with Crippen molar-refractivity contribution in [2.24, 2.45) is 0 Å². The summed E-state index contributed by atoms with van der Waals surface area (Å²) in [6.45, 7) is 0.184. The van der Waals surface area contributed by atoms with Gasteiger partial charge in [0.15, 0.2) is 0 Å². The van der Waals surface area contributed by atoms with Crippen LogP contribution in [0.2, 0.25) is 0 Å². The second kappa shape index (κ2) is 6.10. The quantitative estimate of drug-likeness (QED) is 0.731. The molecule has 0 atom stereocenters. The van der Waals surface area contributed by atoms with Crippen molar-refractivity contribution < 1.29 is 13.5 Å². The van der Waals surface area contributed by atoms with Gasteiger partial charge in [-0.05, 0) is 36.4 Å². The fourth-order valence-electron chi connectivity index (χ4n) is 1.93. The van der Waals surface area contributed by atoms with Crippen molar-refractivity contribution in [2.75, 3.05) is 0 Å². The zero-order valence-corrected chi connectivity index (χ0v) is 11.5. The van der Waals surface area contributed by atoms with Crippen LogP contribution in [0.3, 0.4) is 0 Å². The summed E-state index contributed by atoms with van der Waals surface area (Å²) in [6.07, 6.45) is 1.48. The topological polar surface area (TPSA) is 59.0 Å². The highest BCUT2D eigenvalue weighted by Crippen LogP contribution is 2.21. The molecule has 1 heterocycles. The molecular weight excluding hydrogens is 283 g/mol. The summed E-state index contributed by atoms with van der Waals surface area (Å²) in [5, 5.41) is 9.00. The molecule has 108 valence electrons. The lowest BCUT2D eigenvalue weighted by molar-refractivity contribution is 0.300. The third-order valence-corrected chi connectivity index (χ3v) is 3.03. The normalized spacial score (nSPS) is 10.2. The van der Waals surface area contributed by atoms with Crippen molar-refractivity contribution in [3.05, 3.63) is 71.9 Å². The first-order chi connectivity index (χ1) is 10.8. The molecule has 0 amide bonds. The number of nitrogens with zero attached hydrogens (tertiary/aromatic N) is 2. The number of rotatable bonds is 4. The van der Waals surface area contributed by atoms with E-state index in [1.54, 1.807) is 36.4 Å². The van der Waals surface area contributed by atoms with Crippen molar-refractivity contribution in [1.29, 1.82) is 5.26 Å². The summed E-state index contributed by atoms with van der Waals surface area (Å²) in [4.78, 5) is 4.28. The predicted octanol–water partition coefficient (Wildman–Crippen LogP) is 3.93. The number of ether oxygens (including phenoxy) is 1. The van der Waals surface area contributed by atoms with Crippen molar-refractivity contribution >= 4 is 0 Å². The number of aromatic nitrogens is 1. The molecule has 0 aliphatic rings. The van der Waals surface area contributed by atoms with E-state index in [-0.39, 0.29) is 12.4 Å². The maximum Gasteiger partial charge on any atom is 0.226 e. The fourth-order valence-corrected chi connectivity index (χ4v) is 1.93. The Morgan fingerprint density at radius 1 is 1.14 bits per heavy atom. The van der Waals surface area contributed by atoms with E-state index in [1.165, 1.54) is 18.4 Å². The smallest absolute Gasteiger partial charge is 0.226 e. The molecule has 0 aliphatic carbocycles. The van der Waals surface area contributed by atoms with Gasteiger partial charge in [-0.1, -0.05) is 12.1 Å². The first kappa shape index (κ1) is 13.8. The Morgan fingerprint density at radius 2 is 1.91 bits per heavy atom. The van der Waals surface area contributed by atoms with Crippen LogP contribution < -0.4 is 4.74 Å². The van der Waals surface area contributed by atoms with Gasteiger partial charge in [0, 0.05) is 5.56 Å². The molecule has 4 nitrogen and oxygen atoms in total. The second-order valence-corrected chi connectivity index (χ2v) is 4.55. The molecule has 0 radical (unpaired) electrons. The van der Waals surface area contributed by atoms with Crippen LogP contribution >= 0.6 is 0 Å². The molecule has 3 aromatic rings. The van der Waals surface area contributed by atoms with E-state index in [9.17, 15) is 4.39 Å². The van der Waals surface area contributed by atoms with Gasteiger partial charge in [0.1, 0.15) is 36.2 Å². The summed E-state index contributed by atoms with van der Waals surface area (Å²) in [7, 11) is 0. The highest BCUT2D eigenvalue weighted by molar-refractivity contribution is 5.52. The van der Waals surface area contributed by atoms with Gasteiger partial charge in [-0.15, -0.1) is 0 Å². The summed E-state index contributed by atoms with van der Waals surface area (Å²) in [6, 6.07) is 14.9. The Hall–Kier alpha value is -3.13. The SMILES string of the molecule is N#Cc1ccccc1OCc1coc(-c2ccc(F)cc2)n1. The van der Waals surface area contributed by atoms with Crippen molar-refractivity contribution in [2.45, 2.75) is 6.61 Å². The number of halogens is 1. The Morgan fingerprint density at radius 3 is 2.68 bits per heavy atom. The zero-order chi connectivity index (χ0) is 15.4. The molecule has 1 aromatic heterocycles. The molecule has 2 aromatic carbocycles. The van der Waals surface area contributed by atoms with Crippen molar-refractivity contribution in [3.8, 4) is 23.3 Å². The van der Waals surface area contributed by atoms with Crippen molar-refractivity contribution in [1.82, 2.24) is 4.98 Å². The molecule has 0 fully saturated rings. The van der Waals surface area contributed by atoms with Crippen molar-refractivity contribution in [3.63, 3.8) is 0 Å². The number of benzene rings is 2. The third-order valence-electron chi connectivity index (χ3n) is 3.03. The number of oxazole rings is 1. The molecule has 5 heteroatoms. The maximum absolute atomic E-state index is 12.9. The van der Waals surface area contributed by atoms with E-state index in [1.807, 2.05) is 0 Å². The van der Waals surface area contributed by atoms with E-state index >= 15 is 0 Å². The summed E-state index contributed by atoms with van der Waals surface area (Å²) >= 11 is 0. The van der Waals surface area contributed by atoms with Crippen LogP contribution in [-0.2, 0) is 6.61 Å². The molecule has 22 heavy (non-hydrogen) atoms. The number of hydrogen-bond acceptors (Lipinski definition) is 4. The largest absolute Gasteiger partial charge is 0.486 e. The summed E-state index contributed by atoms with van der Waals surface area (Å²) in [5.74, 6) is 0.579. The average molecular weight is 294 g/mol. The molecular formula is C17H11FN2O2. The lowest BCUT2D eigenvalue weighted by Crippen LogP contribution is -1.97. The lowest BCUT2D eigenvalue weighted by Gasteiger charge is -2.04. The van der Waals surface area contributed by atoms with Gasteiger partial charge in [-0.25, -0.2) is 9.37 Å². The monoisotopic (exact) mass is 294 g/mol. The number of hydrogen-bond donors (Lipinski definition) is 0. The Bertz CT molecular complexity index is 819. The molecule has 0 saturated heterocycles. The van der Waals surface area contributed by atoms with Gasteiger partial charge >= 0.3 is 0 Å². The van der Waals surface area contributed by atoms with E-state index in [2.05, 4.69) is 11.1 Å². The summed E-state index contributed by atoms with van der Waals surface area (Å²) in [5.41, 5.74) is 1.74. The standard InChI is InChI=1S/C17H11FN2O2/c18-14-7-5-12(6-8-14)17-20-15(11-22-17)10-21-16-4-2-1-3-13(16)9-19/h1-8,11H,10H2. The Labute approximate surface area is 126 Å². The van der Waals surface area contributed by atoms with Gasteiger partial charge in [0.05, 0.1) is 5.56 Å². The first-order valence-electron chi connectivity index (χ1n) is 6.58. The van der Waals surface area contributed by atoms with Gasteiger partial charge in [-0.3, -0.25) is 0 Å². The fraction of sp³-hybridized carbons (Fsp3) is 0.0588. The summed E-state index contributed by atoms with van der Waals surface area (Å²) < 4.78 is 23.8. The van der Waals surface area contributed by atoms with Crippen LogP contribution in [0, 0.1) is 17.1 Å². The van der Waals surface area contributed by atoms with Crippen LogP contribution in [0.5, 0.6) is 5.75 Å². The van der Waals surface area contributed by atoms with Crippen LogP contribution in [0.25, 0.3) is 11.5 Å². The molecule has 3 rings (SSSR count). The van der Waals surface area contributed by atoms with E-state index in [4.69, 9.17) is 14.4 Å². The Balaban J connectivity index is 1.72. The van der Waals surface area contributed by atoms with E-state index < -0.39 is 0 Å². The highest BCUT2D eigenvalue weighted by atomic mass is 19.1. The molecule has 0 aliphatic heterocycles. The number of para-hydroxylation sites is 1. The molecule has 0 unspecified atom stereocenters. The molecule has 0 saturated carbocycles. The first-order valence-corrected chi connectivity index (χ1v) is 6.58. The van der Waals surface area contributed by atoms with Gasteiger partial charge in [0.2, 0.25) is 5.89 Å². The van der Waals surface area contributed by atoms with Crippen LogP contribution in [0.15, 0.2) is 59.2 Å². The van der Waals surface area contributed by atoms with Gasteiger partial charge < -0.3 is 9.15 Å². The molecule has 0 spiro atoms. The second-order valence-electron chi connectivity index (χ2n) is 4.55. The third kappa shape index (κ3) is 2.96. The van der Waals surface area contributed by atoms with Crippen LogP contribution in [0.1, 0.15) is 11.3 Å².